The Bertz CT molecular complexity index is 2100. The third-order valence-electron chi connectivity index (χ3n) is 11.5. The number of aliphatic hydroxyl groups excluding tert-OH is 2. The molecular formula is C41H70N7O17P3S-4. The number of thioether (sulfide) groups is 1. The van der Waals surface area contributed by atoms with Crippen molar-refractivity contribution in [2.24, 2.45) is 29.1 Å². The number of hydrogen-bond acceptors (Lipinski definition) is 22. The molecule has 0 saturated carbocycles. The van der Waals surface area contributed by atoms with Crippen molar-refractivity contribution in [2.75, 3.05) is 37.8 Å². The van der Waals surface area contributed by atoms with E-state index in [0.717, 1.165) is 60.1 Å². The molecule has 0 radical (unpaired) electrons. The summed E-state index contributed by atoms with van der Waals surface area (Å²) in [5.41, 5.74) is 4.09. The highest BCUT2D eigenvalue weighted by molar-refractivity contribution is 8.13. The smallest absolute Gasteiger partial charge is 0.274 e. The van der Waals surface area contributed by atoms with Gasteiger partial charge in [0.05, 0.1) is 27.4 Å². The number of nitrogen functional groups attached to an aromatic ring is 1. The summed E-state index contributed by atoms with van der Waals surface area (Å²) in [5, 5.41) is 26.6. The first-order valence-electron chi connectivity index (χ1n) is 23.1. The van der Waals surface area contributed by atoms with Gasteiger partial charge in [0.1, 0.15) is 36.3 Å². The van der Waals surface area contributed by atoms with E-state index in [-0.39, 0.29) is 47.5 Å². The molecule has 24 nitrogen and oxygen atoms in total. The van der Waals surface area contributed by atoms with Crippen LogP contribution in [0.5, 0.6) is 0 Å². The predicted octanol–water partition coefficient (Wildman–Crippen LogP) is 2.60. The van der Waals surface area contributed by atoms with E-state index in [4.69, 9.17) is 10.5 Å². The van der Waals surface area contributed by atoms with E-state index < -0.39 is 84.6 Å². The molecule has 2 amide bonds. The Hall–Kier alpha value is -2.44. The maximum Gasteiger partial charge on any atom is 0.274 e. The first-order chi connectivity index (χ1) is 32.1. The fourth-order valence-electron chi connectivity index (χ4n) is 7.51. The highest BCUT2D eigenvalue weighted by atomic mass is 32.2. The minimum Gasteiger partial charge on any atom is -0.790 e. The van der Waals surface area contributed by atoms with Gasteiger partial charge >= 0.3 is 0 Å². The molecule has 0 spiro atoms. The molecule has 5 unspecified atom stereocenters. The lowest BCUT2D eigenvalue weighted by Gasteiger charge is -2.36. The Balaban J connectivity index is 1.33. The quantitative estimate of drug-likeness (QED) is 0.0506. The lowest BCUT2D eigenvalue weighted by atomic mass is 9.87. The number of hydrogen-bond donors (Lipinski definition) is 5. The van der Waals surface area contributed by atoms with Gasteiger partial charge in [-0.3, -0.25) is 28.1 Å². The molecule has 28 heteroatoms. The number of carbonyl (C=O) groups is 3. The maximum absolute atomic E-state index is 12.7. The second-order valence-corrected chi connectivity index (χ2v) is 24.1. The third-order valence-corrected chi connectivity index (χ3v) is 15.4. The summed E-state index contributed by atoms with van der Waals surface area (Å²) < 4.78 is 60.9. The summed E-state index contributed by atoms with van der Waals surface area (Å²) in [4.78, 5) is 97.3. The van der Waals surface area contributed by atoms with Crippen molar-refractivity contribution in [3.63, 3.8) is 0 Å². The van der Waals surface area contributed by atoms with Crippen molar-refractivity contribution in [1.82, 2.24) is 30.2 Å². The van der Waals surface area contributed by atoms with Crippen molar-refractivity contribution in [3.8, 4) is 0 Å². The van der Waals surface area contributed by atoms with Crippen LogP contribution in [0.1, 0.15) is 125 Å². The van der Waals surface area contributed by atoms with Gasteiger partial charge in [-0.15, -0.1) is 0 Å². The molecule has 1 saturated heterocycles. The summed E-state index contributed by atoms with van der Waals surface area (Å²) >= 11 is 1.15. The molecule has 0 aromatic carbocycles. The maximum atomic E-state index is 12.7. The molecule has 2 aromatic heterocycles. The summed E-state index contributed by atoms with van der Waals surface area (Å²) in [5.74, 6) is 1.32. The summed E-state index contributed by atoms with van der Waals surface area (Å²) in [6, 6.07) is 0. The predicted molar refractivity (Wildman–Crippen MR) is 247 cm³/mol. The SMILES string of the molecule is CC(C)CCCC(C)CCCC(C)CCCC(C)CC(=O)SCCNC(=O)CCNC(=O)[C@H](O)C(C)(C)COP(=O)([O-])OP(=O)([O-])OC[C@H]1O[C@@H](n2cnc3c(N)ncnc32)[C@H](O)[C@@H]1OP(=O)([O-])[O-]. The second-order valence-electron chi connectivity index (χ2n) is 18.9. The van der Waals surface area contributed by atoms with Gasteiger partial charge < -0.3 is 69.0 Å². The molecule has 6 N–H and O–H groups in total. The molecule has 1 aliphatic heterocycles. The van der Waals surface area contributed by atoms with Crippen LogP contribution in [0.3, 0.4) is 0 Å². The normalized spacial score (nSPS) is 21.4. The van der Waals surface area contributed by atoms with Crippen LogP contribution in [0.4, 0.5) is 5.82 Å². The van der Waals surface area contributed by atoms with Gasteiger partial charge in [-0.2, -0.15) is 0 Å². The number of anilines is 1. The van der Waals surface area contributed by atoms with Crippen molar-refractivity contribution >= 4 is 69.1 Å². The van der Waals surface area contributed by atoms with E-state index in [1.165, 1.54) is 52.4 Å². The van der Waals surface area contributed by atoms with E-state index >= 15 is 0 Å². The second kappa shape index (κ2) is 28.1. The number of rotatable bonds is 33. The van der Waals surface area contributed by atoms with E-state index in [9.17, 15) is 57.9 Å². The summed E-state index contributed by atoms with van der Waals surface area (Å²) in [6.07, 6.45) is 3.79. The zero-order valence-corrected chi connectivity index (χ0v) is 43.8. The van der Waals surface area contributed by atoms with Gasteiger partial charge in [0.15, 0.2) is 22.8 Å². The number of phosphoric ester groups is 3. The van der Waals surface area contributed by atoms with Crippen LogP contribution >= 0.6 is 35.2 Å². The molecule has 3 rings (SSSR count). The molecule has 396 valence electrons. The van der Waals surface area contributed by atoms with Crippen LogP contribution in [-0.2, 0) is 50.7 Å². The van der Waals surface area contributed by atoms with Gasteiger partial charge in [-0.05, 0) is 23.7 Å². The zero-order chi connectivity index (χ0) is 51.7. The van der Waals surface area contributed by atoms with Crippen LogP contribution in [0.25, 0.3) is 11.2 Å². The Labute approximate surface area is 407 Å². The first-order valence-corrected chi connectivity index (χ1v) is 28.4. The molecule has 0 bridgehead atoms. The lowest BCUT2D eigenvalue weighted by molar-refractivity contribution is -0.347. The van der Waals surface area contributed by atoms with Crippen molar-refractivity contribution < 1.29 is 80.5 Å². The number of phosphoric acid groups is 3. The number of nitrogens with one attached hydrogen (secondary N) is 2. The minimum absolute atomic E-state index is 0.0187. The molecule has 10 atom stereocenters. The highest BCUT2D eigenvalue weighted by Crippen LogP contribution is 2.56. The van der Waals surface area contributed by atoms with Crippen LogP contribution in [0, 0.1) is 29.1 Å². The van der Waals surface area contributed by atoms with E-state index in [0.29, 0.717) is 18.1 Å². The largest absolute Gasteiger partial charge is 0.790 e. The molecule has 3 heterocycles. The fourth-order valence-corrected chi connectivity index (χ4v) is 11.1. The van der Waals surface area contributed by atoms with E-state index in [1.54, 1.807) is 0 Å². The van der Waals surface area contributed by atoms with Gasteiger partial charge in [0.25, 0.3) is 15.6 Å². The number of imidazole rings is 1. The van der Waals surface area contributed by atoms with Gasteiger partial charge in [0, 0.05) is 37.1 Å². The fraction of sp³-hybridized carbons (Fsp3) is 0.805. The standard InChI is InChI=1S/C41H74N7O17P3S/c1-26(2)11-8-12-27(3)13-9-14-28(4)15-10-16-29(5)21-32(50)69-20-19-43-31(49)17-18-44-39(53)36(52)41(6,7)23-62-68(59,60)65-67(57,58)61-22-30-35(64-66(54,55)56)34(51)40(63-30)48-25-47-33-37(42)45-24-46-38(33)48/h24-30,34-36,40,51-52H,8-23H2,1-7H3,(H,43,49)(H,44,53)(H,57,58)(H,59,60)(H2,42,45,46)(H2,54,55,56)/p-4/t27?,28?,29?,30-,34-,35-,36+,40-/m1/s1. The van der Waals surface area contributed by atoms with Crippen molar-refractivity contribution in [2.45, 2.75) is 150 Å². The molecular weight excluding hydrogens is 987 g/mol. The topological polar surface area (TPSA) is 375 Å². The monoisotopic (exact) mass is 1060 g/mol. The summed E-state index contributed by atoms with van der Waals surface area (Å²) in [7, 11) is -17.6. The Kier molecular flexibility index (Phi) is 24.8. The van der Waals surface area contributed by atoms with Crippen molar-refractivity contribution in [1.29, 1.82) is 0 Å². The van der Waals surface area contributed by atoms with Crippen LogP contribution < -0.4 is 35.9 Å². The van der Waals surface area contributed by atoms with Crippen LogP contribution in [-0.4, -0.2) is 103 Å². The van der Waals surface area contributed by atoms with Gasteiger partial charge in [-0.25, -0.2) is 19.3 Å². The number of nitrogens with two attached hydrogens (primary N) is 1. The number of aromatic nitrogens is 4. The van der Waals surface area contributed by atoms with Gasteiger partial charge in [0.2, 0.25) is 11.8 Å². The average molecular weight is 1060 g/mol. The number of carbonyl (C=O) groups excluding carboxylic acids is 3. The van der Waals surface area contributed by atoms with Crippen molar-refractivity contribution in [3.05, 3.63) is 12.7 Å². The molecule has 2 aromatic rings. The molecule has 0 aliphatic carbocycles. The molecule has 1 fully saturated rings. The average Bonchev–Trinajstić information content (AvgIpc) is 3.80. The number of nitrogens with zero attached hydrogens (tertiary/aromatic N) is 4. The van der Waals surface area contributed by atoms with Crippen LogP contribution in [0.15, 0.2) is 12.7 Å². The highest BCUT2D eigenvalue weighted by Gasteiger charge is 2.47. The number of fused-ring (bicyclic) bond motifs is 1. The molecule has 1 aliphatic rings. The van der Waals surface area contributed by atoms with E-state index in [1.807, 2.05) is 0 Å². The first kappa shape index (κ1) is 60.9. The number of ether oxygens (including phenoxy) is 1. The third kappa shape index (κ3) is 22.1. The Morgan fingerprint density at radius 2 is 1.48 bits per heavy atom. The zero-order valence-electron chi connectivity index (χ0n) is 40.3. The summed E-state index contributed by atoms with van der Waals surface area (Å²) in [6.45, 7) is 11.5. The minimum atomic E-state index is -5.92. The lowest BCUT2D eigenvalue weighted by Crippen LogP contribution is -2.46. The molecule has 69 heavy (non-hydrogen) atoms. The Morgan fingerprint density at radius 1 is 0.884 bits per heavy atom. The number of aliphatic hydroxyl groups is 2. The van der Waals surface area contributed by atoms with E-state index in [2.05, 4.69) is 78.1 Å². The van der Waals surface area contributed by atoms with Gasteiger partial charge in [-0.1, -0.05) is 118 Å². The number of amides is 2. The van der Waals surface area contributed by atoms with Crippen LogP contribution in [0.2, 0.25) is 0 Å². The Morgan fingerprint density at radius 3 is 2.09 bits per heavy atom.